The minimum atomic E-state index is -0.307. The summed E-state index contributed by atoms with van der Waals surface area (Å²) in [6, 6.07) is 7.19. The monoisotopic (exact) mass is 406 g/mol. The fourth-order valence-corrected chi connectivity index (χ4v) is 3.22. The number of anilines is 1. The number of piperidine rings is 1. The maximum absolute atomic E-state index is 12.4. The summed E-state index contributed by atoms with van der Waals surface area (Å²) in [6.07, 6.45) is 3.66. The van der Waals surface area contributed by atoms with Gasteiger partial charge in [-0.1, -0.05) is 5.21 Å². The second kappa shape index (κ2) is 10.2. The molecule has 1 aromatic heterocycles. The first-order chi connectivity index (χ1) is 13.1. The van der Waals surface area contributed by atoms with E-state index in [-0.39, 0.29) is 36.0 Å². The summed E-state index contributed by atoms with van der Waals surface area (Å²) < 4.78 is 1.78. The van der Waals surface area contributed by atoms with Gasteiger partial charge in [0.05, 0.1) is 12.2 Å². The molecular weight excluding hydrogens is 380 g/mol. The smallest absolute Gasteiger partial charge is 0.277 e. The van der Waals surface area contributed by atoms with Crippen LogP contribution in [0.2, 0.25) is 0 Å². The van der Waals surface area contributed by atoms with Gasteiger partial charge in [0.15, 0.2) is 5.69 Å². The van der Waals surface area contributed by atoms with E-state index in [4.69, 9.17) is 0 Å². The number of hydrogen-bond acceptors (Lipinski definition) is 5. The summed E-state index contributed by atoms with van der Waals surface area (Å²) in [4.78, 5) is 26.5. The van der Waals surface area contributed by atoms with E-state index in [1.807, 2.05) is 13.8 Å². The molecule has 1 fully saturated rings. The van der Waals surface area contributed by atoms with Crippen LogP contribution in [0.5, 0.6) is 0 Å². The van der Waals surface area contributed by atoms with Crippen LogP contribution < -0.4 is 10.6 Å². The van der Waals surface area contributed by atoms with E-state index < -0.39 is 0 Å². The van der Waals surface area contributed by atoms with Gasteiger partial charge in [0, 0.05) is 24.3 Å². The number of amides is 2. The van der Waals surface area contributed by atoms with Crippen molar-refractivity contribution in [2.45, 2.75) is 32.7 Å². The summed E-state index contributed by atoms with van der Waals surface area (Å²) in [5.41, 5.74) is 1.51. The molecular formula is C19H27ClN6O2. The van der Waals surface area contributed by atoms with Crippen LogP contribution in [0.1, 0.15) is 53.6 Å². The average Bonchev–Trinajstić information content (AvgIpc) is 3.20. The van der Waals surface area contributed by atoms with Crippen molar-refractivity contribution < 1.29 is 9.59 Å². The third-order valence-corrected chi connectivity index (χ3v) is 4.87. The number of nitrogens with one attached hydrogen (secondary N) is 2. The summed E-state index contributed by atoms with van der Waals surface area (Å²) in [7, 11) is 0. The number of halogens is 1. The number of carbonyl (C=O) groups excluding carboxylic acids is 2. The second-order valence-corrected chi connectivity index (χ2v) is 6.57. The Morgan fingerprint density at radius 1 is 1.18 bits per heavy atom. The third kappa shape index (κ3) is 5.08. The molecule has 1 aromatic carbocycles. The maximum Gasteiger partial charge on any atom is 0.277 e. The Morgan fingerprint density at radius 2 is 1.82 bits per heavy atom. The lowest BCUT2D eigenvalue weighted by Gasteiger charge is -2.22. The van der Waals surface area contributed by atoms with E-state index in [2.05, 4.69) is 20.9 Å². The molecule has 0 radical (unpaired) electrons. The van der Waals surface area contributed by atoms with Gasteiger partial charge in [0.1, 0.15) is 0 Å². The Balaban J connectivity index is 0.00000280. The van der Waals surface area contributed by atoms with Crippen molar-refractivity contribution in [3.05, 3.63) is 41.7 Å². The molecule has 1 aliphatic heterocycles. The zero-order valence-electron chi connectivity index (χ0n) is 16.2. The molecule has 2 heterocycles. The molecule has 2 N–H and O–H groups in total. The highest BCUT2D eigenvalue weighted by Gasteiger charge is 2.19. The third-order valence-electron chi connectivity index (χ3n) is 4.87. The van der Waals surface area contributed by atoms with Gasteiger partial charge in [-0.2, -0.15) is 0 Å². The standard InChI is InChI=1S/C19H26N6O2.ClH/c1-3-24(4-2)19(27)14-5-7-15(8-6-14)21-18(26)17-13-25(23-22-17)16-9-11-20-12-10-16;/h5-8,13,16,20H,3-4,9-12H2,1-2H3,(H,21,26);1H. The van der Waals surface area contributed by atoms with Crippen molar-refractivity contribution in [1.29, 1.82) is 0 Å². The van der Waals surface area contributed by atoms with Crippen LogP contribution in [0, 0.1) is 0 Å². The van der Waals surface area contributed by atoms with Crippen molar-refractivity contribution in [1.82, 2.24) is 25.2 Å². The first-order valence-electron chi connectivity index (χ1n) is 9.45. The minimum absolute atomic E-state index is 0. The number of nitrogens with zero attached hydrogens (tertiary/aromatic N) is 4. The molecule has 0 bridgehead atoms. The van der Waals surface area contributed by atoms with E-state index in [9.17, 15) is 9.59 Å². The van der Waals surface area contributed by atoms with E-state index in [1.165, 1.54) is 0 Å². The highest BCUT2D eigenvalue weighted by molar-refractivity contribution is 6.03. The number of hydrogen-bond donors (Lipinski definition) is 2. The van der Waals surface area contributed by atoms with Gasteiger partial charge in [0.25, 0.3) is 11.8 Å². The molecule has 0 unspecified atom stereocenters. The quantitative estimate of drug-likeness (QED) is 0.768. The first-order valence-corrected chi connectivity index (χ1v) is 9.45. The summed E-state index contributed by atoms with van der Waals surface area (Å²) in [5.74, 6) is -0.319. The highest BCUT2D eigenvalue weighted by Crippen LogP contribution is 2.18. The lowest BCUT2D eigenvalue weighted by Crippen LogP contribution is -2.30. The molecule has 0 aliphatic carbocycles. The predicted octanol–water partition coefficient (Wildman–Crippen LogP) is 2.36. The van der Waals surface area contributed by atoms with Crippen molar-refractivity contribution in [3.63, 3.8) is 0 Å². The van der Waals surface area contributed by atoms with Gasteiger partial charge < -0.3 is 15.5 Å². The molecule has 1 saturated heterocycles. The Labute approximate surface area is 171 Å². The van der Waals surface area contributed by atoms with E-state index in [1.54, 1.807) is 40.0 Å². The molecule has 3 rings (SSSR count). The van der Waals surface area contributed by atoms with Crippen LogP contribution in [-0.2, 0) is 0 Å². The number of rotatable bonds is 6. The molecule has 9 heteroatoms. The van der Waals surface area contributed by atoms with Gasteiger partial charge in [-0.15, -0.1) is 17.5 Å². The van der Waals surface area contributed by atoms with Gasteiger partial charge in [-0.25, -0.2) is 4.68 Å². The van der Waals surface area contributed by atoms with Crippen LogP contribution in [0.15, 0.2) is 30.5 Å². The second-order valence-electron chi connectivity index (χ2n) is 6.57. The Kier molecular flexibility index (Phi) is 7.95. The number of aromatic nitrogens is 3. The SMILES string of the molecule is CCN(CC)C(=O)c1ccc(NC(=O)c2cn(C3CCNCC3)nn2)cc1.Cl. The topological polar surface area (TPSA) is 92.2 Å². The van der Waals surface area contributed by atoms with Gasteiger partial charge >= 0.3 is 0 Å². The van der Waals surface area contributed by atoms with E-state index >= 15 is 0 Å². The summed E-state index contributed by atoms with van der Waals surface area (Å²) >= 11 is 0. The normalized spacial score (nSPS) is 14.2. The summed E-state index contributed by atoms with van der Waals surface area (Å²) in [6.45, 7) is 7.14. The van der Waals surface area contributed by atoms with Crippen LogP contribution in [0.25, 0.3) is 0 Å². The lowest BCUT2D eigenvalue weighted by atomic mass is 10.1. The van der Waals surface area contributed by atoms with E-state index in [0.717, 1.165) is 25.9 Å². The molecule has 0 saturated carbocycles. The molecule has 152 valence electrons. The van der Waals surface area contributed by atoms with Crippen molar-refractivity contribution in [2.75, 3.05) is 31.5 Å². The van der Waals surface area contributed by atoms with Crippen molar-refractivity contribution in [2.24, 2.45) is 0 Å². The van der Waals surface area contributed by atoms with Crippen molar-refractivity contribution in [3.8, 4) is 0 Å². The largest absolute Gasteiger partial charge is 0.339 e. The minimum Gasteiger partial charge on any atom is -0.339 e. The Bertz CT molecular complexity index is 782. The fraction of sp³-hybridized carbons (Fsp3) is 0.474. The number of carbonyl (C=O) groups is 2. The maximum atomic E-state index is 12.4. The molecule has 1 aliphatic rings. The molecule has 0 atom stereocenters. The number of benzene rings is 1. The van der Waals surface area contributed by atoms with Gasteiger partial charge in [-0.3, -0.25) is 9.59 Å². The Morgan fingerprint density at radius 3 is 2.43 bits per heavy atom. The molecule has 2 amide bonds. The molecule has 2 aromatic rings. The van der Waals surface area contributed by atoms with Crippen molar-refractivity contribution >= 4 is 29.9 Å². The average molecular weight is 407 g/mol. The van der Waals surface area contributed by atoms with Gasteiger partial charge in [0.2, 0.25) is 0 Å². The molecule has 8 nitrogen and oxygen atoms in total. The highest BCUT2D eigenvalue weighted by atomic mass is 35.5. The van der Waals surface area contributed by atoms with Crippen LogP contribution in [0.4, 0.5) is 5.69 Å². The molecule has 0 spiro atoms. The zero-order valence-corrected chi connectivity index (χ0v) is 17.0. The first kappa shape index (κ1) is 21.8. The predicted molar refractivity (Wildman–Crippen MR) is 110 cm³/mol. The summed E-state index contributed by atoms with van der Waals surface area (Å²) in [5, 5.41) is 14.2. The Hall–Kier alpha value is -2.45. The van der Waals surface area contributed by atoms with E-state index in [0.29, 0.717) is 24.3 Å². The zero-order chi connectivity index (χ0) is 19.2. The van der Waals surface area contributed by atoms with Gasteiger partial charge in [-0.05, 0) is 64.0 Å². The van der Waals surface area contributed by atoms with Crippen LogP contribution in [-0.4, -0.2) is 57.9 Å². The molecule has 28 heavy (non-hydrogen) atoms. The van der Waals surface area contributed by atoms with Crippen LogP contribution >= 0.6 is 12.4 Å². The lowest BCUT2D eigenvalue weighted by molar-refractivity contribution is 0.0773. The van der Waals surface area contributed by atoms with Crippen LogP contribution in [0.3, 0.4) is 0 Å². The fourth-order valence-electron chi connectivity index (χ4n) is 3.22.